The number of aryl methyl sites for hydroxylation is 1. The monoisotopic (exact) mass is 371 g/mol. The van der Waals surface area contributed by atoms with Gasteiger partial charge in [-0.15, -0.1) is 11.3 Å². The van der Waals surface area contributed by atoms with Crippen LogP contribution in [0, 0.1) is 0 Å². The van der Waals surface area contributed by atoms with Gasteiger partial charge in [0, 0.05) is 27.5 Å². The minimum atomic E-state index is 0.307. The Bertz CT molecular complexity index is 506. The molecule has 0 aliphatic carbocycles. The van der Waals surface area contributed by atoms with E-state index in [1.807, 2.05) is 11.8 Å². The number of amides is 1. The number of carbonyl (C=O) groups excluding carboxylic acids is 1. The molecule has 0 radical (unpaired) electrons. The van der Waals surface area contributed by atoms with E-state index in [2.05, 4.69) is 26.9 Å². The van der Waals surface area contributed by atoms with Crippen LogP contribution in [0.1, 0.15) is 45.8 Å². The highest BCUT2D eigenvalue weighted by Gasteiger charge is 2.43. The molecule has 0 saturated carbocycles. The number of piperidine rings is 1. The molecule has 1 aromatic heterocycles. The van der Waals surface area contributed by atoms with E-state index in [1.165, 1.54) is 29.0 Å². The minimum Gasteiger partial charge on any atom is -0.332 e. The van der Waals surface area contributed by atoms with Crippen LogP contribution in [0.2, 0.25) is 0 Å². The summed E-state index contributed by atoms with van der Waals surface area (Å²) in [5, 5.41) is 0. The van der Waals surface area contributed by atoms with Gasteiger partial charge in [-0.25, -0.2) is 0 Å². The molecule has 2 nitrogen and oxygen atoms in total. The number of fused-ring (bicyclic) bond motifs is 3. The number of alkyl halides is 1. The number of halogens is 1. The molecular weight excluding hydrogens is 354 g/mol. The van der Waals surface area contributed by atoms with Gasteiger partial charge < -0.3 is 4.90 Å². The lowest BCUT2D eigenvalue weighted by Gasteiger charge is -2.37. The molecule has 1 amide bonds. The van der Waals surface area contributed by atoms with E-state index < -0.39 is 0 Å². The van der Waals surface area contributed by atoms with Crippen LogP contribution in [0.3, 0.4) is 0 Å². The Balaban J connectivity index is 1.60. The third-order valence-electron chi connectivity index (χ3n) is 4.75. The molecule has 4 rings (SSSR count). The summed E-state index contributed by atoms with van der Waals surface area (Å²) < 4.78 is 0. The average molecular weight is 372 g/mol. The van der Waals surface area contributed by atoms with E-state index in [4.69, 9.17) is 0 Å². The van der Waals surface area contributed by atoms with Gasteiger partial charge in [0.2, 0.25) is 0 Å². The summed E-state index contributed by atoms with van der Waals surface area (Å²) in [4.78, 5) is 18.2. The van der Waals surface area contributed by atoms with Crippen molar-refractivity contribution in [1.82, 2.24) is 4.90 Å². The normalized spacial score (nSPS) is 32.2. The van der Waals surface area contributed by atoms with Crippen molar-refractivity contribution in [3.8, 4) is 0 Å². The lowest BCUT2D eigenvalue weighted by molar-refractivity contribution is 0.0608. The van der Waals surface area contributed by atoms with Crippen molar-refractivity contribution in [3.05, 3.63) is 21.4 Å². The molecule has 3 aliphatic heterocycles. The SMILES string of the molecule is O=C(c1cc2c(s1)CCSC2)N1C2CCC1CC(Br)C2. The molecule has 2 bridgehead atoms. The first-order valence-electron chi connectivity index (χ1n) is 7.38. The fourth-order valence-corrected chi connectivity index (χ4v) is 7.00. The summed E-state index contributed by atoms with van der Waals surface area (Å²) in [5.41, 5.74) is 1.41. The van der Waals surface area contributed by atoms with E-state index >= 15 is 0 Å². The number of hydrogen-bond acceptors (Lipinski definition) is 3. The molecule has 5 heteroatoms. The summed E-state index contributed by atoms with van der Waals surface area (Å²) in [5.74, 6) is 2.61. The zero-order valence-corrected chi connectivity index (χ0v) is 14.5. The first kappa shape index (κ1) is 13.6. The predicted octanol–water partition coefficient (Wildman–Crippen LogP) is 4.07. The van der Waals surface area contributed by atoms with E-state index in [1.54, 1.807) is 11.3 Å². The standard InChI is InChI=1S/C15H18BrNOS2/c16-10-6-11-1-2-12(7-10)17(11)15(18)14-5-9-8-19-4-3-13(9)20-14/h5,10-12H,1-4,6-8H2. The Morgan fingerprint density at radius 1 is 1.30 bits per heavy atom. The van der Waals surface area contributed by atoms with Gasteiger partial charge in [0.1, 0.15) is 0 Å². The Morgan fingerprint density at radius 2 is 2.05 bits per heavy atom. The number of thioether (sulfide) groups is 1. The molecule has 0 N–H and O–H groups in total. The lowest BCUT2D eigenvalue weighted by Crippen LogP contribution is -2.46. The number of thiophene rings is 1. The van der Waals surface area contributed by atoms with Gasteiger partial charge in [-0.3, -0.25) is 4.79 Å². The summed E-state index contributed by atoms with van der Waals surface area (Å²) in [6.07, 6.45) is 5.79. The van der Waals surface area contributed by atoms with Crippen molar-refractivity contribution in [2.24, 2.45) is 0 Å². The molecule has 108 valence electrons. The van der Waals surface area contributed by atoms with E-state index in [0.29, 0.717) is 22.8 Å². The molecule has 2 fully saturated rings. The first-order chi connectivity index (χ1) is 9.72. The van der Waals surface area contributed by atoms with E-state index in [0.717, 1.165) is 29.9 Å². The highest BCUT2D eigenvalue weighted by atomic mass is 79.9. The van der Waals surface area contributed by atoms with Crippen molar-refractivity contribution < 1.29 is 4.79 Å². The first-order valence-corrected chi connectivity index (χ1v) is 10.3. The van der Waals surface area contributed by atoms with Crippen LogP contribution in [0.25, 0.3) is 0 Å². The van der Waals surface area contributed by atoms with Crippen molar-refractivity contribution in [3.63, 3.8) is 0 Å². The fraction of sp³-hybridized carbons (Fsp3) is 0.667. The quantitative estimate of drug-likeness (QED) is 0.693. The second-order valence-electron chi connectivity index (χ2n) is 6.03. The second kappa shape index (κ2) is 5.33. The second-order valence-corrected chi connectivity index (χ2v) is 9.56. The lowest BCUT2D eigenvalue weighted by atomic mass is 10.0. The van der Waals surface area contributed by atoms with Gasteiger partial charge >= 0.3 is 0 Å². The van der Waals surface area contributed by atoms with E-state index in [-0.39, 0.29) is 0 Å². The van der Waals surface area contributed by atoms with Crippen LogP contribution < -0.4 is 0 Å². The fourth-order valence-electron chi connectivity index (χ4n) is 3.82. The number of nitrogens with zero attached hydrogens (tertiary/aromatic N) is 1. The minimum absolute atomic E-state index is 0.307. The number of carbonyl (C=O) groups is 1. The largest absolute Gasteiger partial charge is 0.332 e. The van der Waals surface area contributed by atoms with E-state index in [9.17, 15) is 4.79 Å². The topological polar surface area (TPSA) is 20.3 Å². The highest BCUT2D eigenvalue weighted by Crippen LogP contribution is 2.40. The molecular formula is C15H18BrNOS2. The smallest absolute Gasteiger partial charge is 0.264 e. The van der Waals surface area contributed by atoms with Gasteiger partial charge in [0.15, 0.2) is 0 Å². The summed E-state index contributed by atoms with van der Waals surface area (Å²) in [7, 11) is 0. The third kappa shape index (κ3) is 2.26. The van der Waals surface area contributed by atoms with Crippen LogP contribution in [-0.4, -0.2) is 33.5 Å². The van der Waals surface area contributed by atoms with Crippen LogP contribution >= 0.6 is 39.0 Å². The number of rotatable bonds is 1. The maximum absolute atomic E-state index is 12.9. The molecule has 0 aromatic carbocycles. The zero-order chi connectivity index (χ0) is 13.7. The summed E-state index contributed by atoms with van der Waals surface area (Å²) >= 11 is 7.49. The Morgan fingerprint density at radius 3 is 2.75 bits per heavy atom. The van der Waals surface area contributed by atoms with Crippen LogP contribution in [0.4, 0.5) is 0 Å². The van der Waals surface area contributed by atoms with Crippen molar-refractivity contribution in [2.75, 3.05) is 5.75 Å². The molecule has 4 heterocycles. The van der Waals surface area contributed by atoms with Crippen LogP contribution in [0.15, 0.2) is 6.07 Å². The molecule has 3 aliphatic rings. The Labute approximate surface area is 136 Å². The van der Waals surface area contributed by atoms with Gasteiger partial charge in [0.25, 0.3) is 5.91 Å². The van der Waals surface area contributed by atoms with Crippen molar-refractivity contribution in [1.29, 1.82) is 0 Å². The Kier molecular flexibility index (Phi) is 3.63. The molecule has 2 saturated heterocycles. The molecule has 20 heavy (non-hydrogen) atoms. The van der Waals surface area contributed by atoms with Crippen molar-refractivity contribution in [2.45, 2.75) is 54.8 Å². The van der Waals surface area contributed by atoms with Crippen LogP contribution in [-0.2, 0) is 12.2 Å². The predicted molar refractivity (Wildman–Crippen MR) is 89.1 cm³/mol. The molecule has 0 spiro atoms. The van der Waals surface area contributed by atoms with Crippen LogP contribution in [0.5, 0.6) is 0 Å². The highest BCUT2D eigenvalue weighted by molar-refractivity contribution is 9.09. The molecule has 2 atom stereocenters. The zero-order valence-electron chi connectivity index (χ0n) is 11.3. The maximum atomic E-state index is 12.9. The Hall–Kier alpha value is -0.000000000000000167. The van der Waals surface area contributed by atoms with Gasteiger partial charge in [0.05, 0.1) is 4.88 Å². The molecule has 2 unspecified atom stereocenters. The van der Waals surface area contributed by atoms with Gasteiger partial charge in [-0.2, -0.15) is 11.8 Å². The average Bonchev–Trinajstić information content (AvgIpc) is 2.98. The van der Waals surface area contributed by atoms with Gasteiger partial charge in [-0.05, 0) is 49.5 Å². The summed E-state index contributed by atoms with van der Waals surface area (Å²) in [6.45, 7) is 0. The maximum Gasteiger partial charge on any atom is 0.264 e. The van der Waals surface area contributed by atoms with Gasteiger partial charge in [-0.1, -0.05) is 15.9 Å². The third-order valence-corrected chi connectivity index (χ3v) is 7.73. The van der Waals surface area contributed by atoms with Crippen molar-refractivity contribution >= 4 is 44.9 Å². The molecule has 1 aromatic rings. The summed E-state index contributed by atoms with van der Waals surface area (Å²) in [6, 6.07) is 3.12. The number of hydrogen-bond donors (Lipinski definition) is 0.